The lowest BCUT2D eigenvalue weighted by molar-refractivity contribution is -0.136. The van der Waals surface area contributed by atoms with Gasteiger partial charge in [0.1, 0.15) is 11.7 Å². The second-order valence-electron chi connectivity index (χ2n) is 6.22. The van der Waals surface area contributed by atoms with Gasteiger partial charge in [0.25, 0.3) is 0 Å². The van der Waals surface area contributed by atoms with E-state index in [4.69, 9.17) is 14.2 Å². The summed E-state index contributed by atoms with van der Waals surface area (Å²) in [6.45, 7) is 4.94. The second kappa shape index (κ2) is 4.69. The van der Waals surface area contributed by atoms with Crippen LogP contribution in [0.1, 0.15) is 33.1 Å². The van der Waals surface area contributed by atoms with Gasteiger partial charge in [-0.15, -0.1) is 0 Å². The molecule has 1 aliphatic carbocycles. The molecule has 0 aromatic heterocycles. The number of carbonyl (C=O) groups is 1. The van der Waals surface area contributed by atoms with Crippen LogP contribution in [0.25, 0.3) is 0 Å². The number of hydrogen-bond donors (Lipinski definition) is 0. The largest absolute Gasteiger partial charge is 0.374 e. The molecule has 19 heavy (non-hydrogen) atoms. The third kappa shape index (κ3) is 2.49. The molecule has 4 heteroatoms. The monoisotopic (exact) mass is 266 g/mol. The van der Waals surface area contributed by atoms with E-state index in [0.717, 1.165) is 13.0 Å². The van der Waals surface area contributed by atoms with Crippen LogP contribution < -0.4 is 0 Å². The maximum Gasteiger partial charge on any atom is 0.162 e. The fraction of sp³-hybridized carbons (Fsp3) is 0.800. The zero-order chi connectivity index (χ0) is 13.6. The van der Waals surface area contributed by atoms with Crippen LogP contribution in [0.15, 0.2) is 11.6 Å². The Kier molecular flexibility index (Phi) is 3.28. The summed E-state index contributed by atoms with van der Waals surface area (Å²) in [6.07, 6.45) is 4.56. The van der Waals surface area contributed by atoms with Crippen LogP contribution in [0.4, 0.5) is 0 Å². The molecule has 0 aromatic rings. The number of hydrogen-bond acceptors (Lipinski definition) is 4. The molecule has 2 aliphatic heterocycles. The Morgan fingerprint density at radius 1 is 1.53 bits per heavy atom. The van der Waals surface area contributed by atoms with Gasteiger partial charge in [0.05, 0.1) is 18.8 Å². The van der Waals surface area contributed by atoms with Gasteiger partial charge in [0.15, 0.2) is 5.78 Å². The Balaban J connectivity index is 1.63. The summed E-state index contributed by atoms with van der Waals surface area (Å²) in [5.41, 5.74) is 1.17. The van der Waals surface area contributed by atoms with Gasteiger partial charge in [-0.3, -0.25) is 4.79 Å². The molecule has 4 nitrogen and oxygen atoms in total. The molecule has 3 fully saturated rings. The van der Waals surface area contributed by atoms with E-state index < -0.39 is 0 Å². The summed E-state index contributed by atoms with van der Waals surface area (Å²) in [7, 11) is 1.60. The average molecular weight is 266 g/mol. The van der Waals surface area contributed by atoms with Crippen molar-refractivity contribution in [3.05, 3.63) is 11.6 Å². The van der Waals surface area contributed by atoms with Gasteiger partial charge in [0, 0.05) is 25.9 Å². The fourth-order valence-corrected chi connectivity index (χ4v) is 3.22. The normalized spacial score (nSPS) is 44.3. The van der Waals surface area contributed by atoms with E-state index in [1.54, 1.807) is 7.11 Å². The molecule has 2 heterocycles. The summed E-state index contributed by atoms with van der Waals surface area (Å²) in [5.74, 6) is 0.423. The van der Waals surface area contributed by atoms with E-state index in [1.807, 2.05) is 0 Å². The van der Waals surface area contributed by atoms with Crippen molar-refractivity contribution in [2.24, 2.45) is 5.92 Å². The fourth-order valence-electron chi connectivity index (χ4n) is 3.22. The van der Waals surface area contributed by atoms with Crippen molar-refractivity contribution in [3.8, 4) is 0 Å². The molecule has 1 spiro atoms. The Labute approximate surface area is 114 Å². The molecular weight excluding hydrogens is 244 g/mol. The maximum atomic E-state index is 12.0. The third-order valence-electron chi connectivity index (χ3n) is 4.56. The maximum absolute atomic E-state index is 12.0. The van der Waals surface area contributed by atoms with Gasteiger partial charge in [-0.05, 0) is 20.3 Å². The number of rotatable bonds is 4. The van der Waals surface area contributed by atoms with Crippen LogP contribution >= 0.6 is 0 Å². The molecule has 1 saturated carbocycles. The first-order valence-corrected chi connectivity index (χ1v) is 7.04. The second-order valence-corrected chi connectivity index (χ2v) is 6.22. The summed E-state index contributed by atoms with van der Waals surface area (Å²) in [6, 6.07) is 0. The molecular formula is C15H22O4. The van der Waals surface area contributed by atoms with Crippen LogP contribution in [0.2, 0.25) is 0 Å². The molecule has 106 valence electrons. The van der Waals surface area contributed by atoms with E-state index in [-0.39, 0.29) is 35.6 Å². The predicted octanol–water partition coefficient (Wildman–Crippen LogP) is 1.87. The number of methoxy groups -OCH3 is 1. The zero-order valence-corrected chi connectivity index (χ0v) is 11.8. The highest BCUT2D eigenvalue weighted by molar-refractivity contribution is 5.85. The molecule has 0 aromatic carbocycles. The van der Waals surface area contributed by atoms with Crippen molar-refractivity contribution in [3.63, 3.8) is 0 Å². The van der Waals surface area contributed by atoms with Gasteiger partial charge in [0.2, 0.25) is 0 Å². The number of carbonyl (C=O) groups excluding carboxylic acids is 1. The van der Waals surface area contributed by atoms with Crippen LogP contribution in [-0.4, -0.2) is 43.4 Å². The minimum absolute atomic E-state index is 0.140. The highest BCUT2D eigenvalue weighted by Crippen LogP contribution is 2.52. The summed E-state index contributed by atoms with van der Waals surface area (Å²) in [5, 5.41) is 0. The third-order valence-corrected chi connectivity index (χ3v) is 4.56. The number of ketones is 1. The smallest absolute Gasteiger partial charge is 0.162 e. The number of epoxide rings is 2. The van der Waals surface area contributed by atoms with Crippen LogP contribution in [0.3, 0.4) is 0 Å². The highest BCUT2D eigenvalue weighted by Gasteiger charge is 2.64. The summed E-state index contributed by atoms with van der Waals surface area (Å²) < 4.78 is 16.7. The summed E-state index contributed by atoms with van der Waals surface area (Å²) in [4.78, 5) is 12.0. The zero-order valence-electron chi connectivity index (χ0n) is 11.8. The minimum atomic E-state index is -0.284. The molecule has 0 amide bonds. The number of Topliss-reactive ketones (excluding diaryl/α,β-unsaturated/α-hetero) is 1. The molecule has 0 N–H and O–H groups in total. The topological polar surface area (TPSA) is 51.4 Å². The molecule has 0 bridgehead atoms. The average Bonchev–Trinajstić information content (AvgIpc) is 3.27. The van der Waals surface area contributed by atoms with Crippen molar-refractivity contribution in [2.75, 3.05) is 13.7 Å². The lowest BCUT2D eigenvalue weighted by Gasteiger charge is -2.31. The lowest BCUT2D eigenvalue weighted by Crippen LogP contribution is -2.45. The highest BCUT2D eigenvalue weighted by atomic mass is 16.6. The molecule has 3 rings (SSSR count). The van der Waals surface area contributed by atoms with Crippen LogP contribution in [0, 0.1) is 5.92 Å². The Bertz CT molecular complexity index is 406. The van der Waals surface area contributed by atoms with Crippen molar-refractivity contribution in [2.45, 2.75) is 57.0 Å². The first-order valence-electron chi connectivity index (χ1n) is 7.04. The lowest BCUT2D eigenvalue weighted by atomic mass is 9.74. The SMILES string of the molecule is COC1CC2(CO2)C(C2OC2CC=C(C)C)CC1=O. The molecule has 2 saturated heterocycles. The van der Waals surface area contributed by atoms with E-state index in [1.165, 1.54) is 5.57 Å². The van der Waals surface area contributed by atoms with E-state index in [2.05, 4.69) is 19.9 Å². The Hall–Kier alpha value is -0.710. The van der Waals surface area contributed by atoms with Crippen molar-refractivity contribution < 1.29 is 19.0 Å². The molecule has 3 aliphatic rings. The minimum Gasteiger partial charge on any atom is -0.374 e. The van der Waals surface area contributed by atoms with Crippen LogP contribution in [0.5, 0.6) is 0 Å². The van der Waals surface area contributed by atoms with Gasteiger partial charge in [-0.2, -0.15) is 0 Å². The number of allylic oxidation sites excluding steroid dienone is 1. The van der Waals surface area contributed by atoms with E-state index in [9.17, 15) is 4.79 Å². The van der Waals surface area contributed by atoms with E-state index in [0.29, 0.717) is 12.8 Å². The quantitative estimate of drug-likeness (QED) is 0.576. The van der Waals surface area contributed by atoms with Gasteiger partial charge in [-0.1, -0.05) is 11.6 Å². The van der Waals surface area contributed by atoms with Crippen molar-refractivity contribution >= 4 is 5.78 Å². The molecule has 5 atom stereocenters. The predicted molar refractivity (Wildman–Crippen MR) is 69.9 cm³/mol. The van der Waals surface area contributed by atoms with Crippen molar-refractivity contribution in [1.82, 2.24) is 0 Å². The number of ether oxygens (including phenoxy) is 3. The Morgan fingerprint density at radius 2 is 2.26 bits per heavy atom. The first-order chi connectivity index (χ1) is 9.05. The van der Waals surface area contributed by atoms with Gasteiger partial charge >= 0.3 is 0 Å². The first kappa shape index (κ1) is 13.3. The van der Waals surface area contributed by atoms with Crippen molar-refractivity contribution in [1.29, 1.82) is 0 Å². The Morgan fingerprint density at radius 3 is 2.84 bits per heavy atom. The standard InChI is InChI=1S/C15H22O4/c1-9(2)4-5-12-14(19-12)10-6-11(16)13(17-3)7-15(10)8-18-15/h4,10,12-14H,5-8H2,1-3H3. The van der Waals surface area contributed by atoms with Gasteiger partial charge < -0.3 is 14.2 Å². The van der Waals surface area contributed by atoms with E-state index >= 15 is 0 Å². The molecule has 5 unspecified atom stereocenters. The van der Waals surface area contributed by atoms with Gasteiger partial charge in [-0.25, -0.2) is 0 Å². The van der Waals surface area contributed by atoms with Crippen LogP contribution in [-0.2, 0) is 19.0 Å². The molecule has 0 radical (unpaired) electrons. The summed E-state index contributed by atoms with van der Waals surface area (Å²) >= 11 is 0.